The Labute approximate surface area is 160 Å². The van der Waals surface area contributed by atoms with E-state index in [4.69, 9.17) is 4.84 Å². The van der Waals surface area contributed by atoms with E-state index in [0.29, 0.717) is 31.3 Å². The van der Waals surface area contributed by atoms with E-state index in [-0.39, 0.29) is 22.9 Å². The highest BCUT2D eigenvalue weighted by atomic mass is 32.2. The highest BCUT2D eigenvalue weighted by Gasteiger charge is 2.46. The van der Waals surface area contributed by atoms with Crippen LogP contribution in [0.3, 0.4) is 0 Å². The summed E-state index contributed by atoms with van der Waals surface area (Å²) >= 11 is 0. The summed E-state index contributed by atoms with van der Waals surface area (Å²) in [6, 6.07) is 3.96. The monoisotopic (exact) mass is 412 g/mol. The van der Waals surface area contributed by atoms with Gasteiger partial charge in [-0.25, -0.2) is 27.8 Å². The fourth-order valence-electron chi connectivity index (χ4n) is 3.37. The number of halogens is 1. The van der Waals surface area contributed by atoms with Crippen LogP contribution in [-0.2, 0) is 28.5 Å². The van der Waals surface area contributed by atoms with Gasteiger partial charge in [-0.2, -0.15) is 0 Å². The van der Waals surface area contributed by atoms with Gasteiger partial charge in [-0.05, 0) is 37.5 Å². The zero-order valence-corrected chi connectivity index (χ0v) is 16.1. The van der Waals surface area contributed by atoms with E-state index < -0.39 is 33.5 Å². The lowest BCUT2D eigenvalue weighted by Gasteiger charge is -2.16. The molecule has 1 aliphatic carbocycles. The SMILES string of the molecule is Cn1c(=O)n(CC2CCNO2)c(=O)c2cc(S(=O)(=O)NC3(CF)CC3)ccc21. The van der Waals surface area contributed by atoms with Crippen molar-refractivity contribution in [3.8, 4) is 0 Å². The predicted octanol–water partition coefficient (Wildman–Crippen LogP) is -0.226. The average molecular weight is 412 g/mol. The number of aryl methyl sites for hydroxylation is 1. The number of rotatable bonds is 6. The second-order valence-electron chi connectivity index (χ2n) is 7.38. The third kappa shape index (κ3) is 3.28. The molecule has 1 saturated heterocycles. The van der Waals surface area contributed by atoms with Crippen LogP contribution >= 0.6 is 0 Å². The second-order valence-corrected chi connectivity index (χ2v) is 9.06. The van der Waals surface area contributed by atoms with E-state index in [1.807, 2.05) is 0 Å². The van der Waals surface area contributed by atoms with Crippen LogP contribution in [0.4, 0.5) is 4.39 Å². The largest absolute Gasteiger partial charge is 0.331 e. The fourth-order valence-corrected chi connectivity index (χ4v) is 4.84. The van der Waals surface area contributed by atoms with Crippen molar-refractivity contribution in [1.29, 1.82) is 0 Å². The maximum Gasteiger partial charge on any atom is 0.331 e. The van der Waals surface area contributed by atoms with Crippen molar-refractivity contribution in [1.82, 2.24) is 19.3 Å². The average Bonchev–Trinajstić information content (AvgIpc) is 3.24. The number of hydroxylamine groups is 1. The summed E-state index contributed by atoms with van der Waals surface area (Å²) in [6.07, 6.45) is 1.20. The predicted molar refractivity (Wildman–Crippen MR) is 99.2 cm³/mol. The Bertz CT molecular complexity index is 1150. The van der Waals surface area contributed by atoms with E-state index in [0.717, 1.165) is 4.57 Å². The van der Waals surface area contributed by atoms with Crippen molar-refractivity contribution in [2.45, 2.75) is 42.3 Å². The van der Waals surface area contributed by atoms with Gasteiger partial charge in [-0.15, -0.1) is 0 Å². The molecule has 4 rings (SSSR count). The molecule has 1 aromatic heterocycles. The van der Waals surface area contributed by atoms with Gasteiger partial charge in [-0.3, -0.25) is 18.8 Å². The molecule has 1 unspecified atom stereocenters. The Kier molecular flexibility index (Phi) is 4.65. The molecule has 0 bridgehead atoms. The van der Waals surface area contributed by atoms with Crippen molar-refractivity contribution in [2.24, 2.45) is 7.05 Å². The Morgan fingerprint density at radius 2 is 2.11 bits per heavy atom. The third-order valence-electron chi connectivity index (χ3n) is 5.30. The minimum atomic E-state index is -3.99. The summed E-state index contributed by atoms with van der Waals surface area (Å²) in [5.74, 6) is 0. The number of aromatic nitrogens is 2. The van der Waals surface area contributed by atoms with Gasteiger partial charge in [0.1, 0.15) is 6.67 Å². The van der Waals surface area contributed by atoms with Gasteiger partial charge in [0.25, 0.3) is 5.56 Å². The van der Waals surface area contributed by atoms with Crippen LogP contribution < -0.4 is 21.5 Å². The molecule has 0 amide bonds. The number of alkyl halides is 1. The van der Waals surface area contributed by atoms with E-state index in [9.17, 15) is 22.4 Å². The minimum Gasteiger partial charge on any atom is -0.297 e. The number of benzene rings is 1. The number of hydrogen-bond donors (Lipinski definition) is 2. The Balaban J connectivity index is 1.80. The lowest BCUT2D eigenvalue weighted by molar-refractivity contribution is 0.0237. The lowest BCUT2D eigenvalue weighted by atomic mass is 10.2. The lowest BCUT2D eigenvalue weighted by Crippen LogP contribution is -2.42. The van der Waals surface area contributed by atoms with E-state index >= 15 is 0 Å². The first-order chi connectivity index (χ1) is 13.3. The van der Waals surface area contributed by atoms with Crippen molar-refractivity contribution in [3.63, 3.8) is 0 Å². The number of fused-ring (bicyclic) bond motifs is 1. The molecule has 2 aliphatic rings. The van der Waals surface area contributed by atoms with Gasteiger partial charge >= 0.3 is 5.69 Å². The number of nitrogens with zero attached hydrogens (tertiary/aromatic N) is 2. The van der Waals surface area contributed by atoms with Gasteiger partial charge in [0.15, 0.2) is 0 Å². The fraction of sp³-hybridized carbons (Fsp3) is 0.529. The van der Waals surface area contributed by atoms with Crippen molar-refractivity contribution < 1.29 is 17.6 Å². The zero-order valence-electron chi connectivity index (χ0n) is 15.3. The van der Waals surface area contributed by atoms with Gasteiger partial charge in [0, 0.05) is 13.6 Å². The molecule has 2 aromatic rings. The van der Waals surface area contributed by atoms with Crippen LogP contribution in [0, 0.1) is 0 Å². The first-order valence-electron chi connectivity index (χ1n) is 8.98. The normalized spacial score (nSPS) is 21.3. The zero-order chi connectivity index (χ0) is 20.1. The first-order valence-corrected chi connectivity index (χ1v) is 10.5. The molecule has 2 fully saturated rings. The first kappa shape index (κ1) is 19.2. The molecule has 1 saturated carbocycles. The summed E-state index contributed by atoms with van der Waals surface area (Å²) in [5.41, 5.74) is 0.898. The number of hydrogen-bond acceptors (Lipinski definition) is 6. The summed E-state index contributed by atoms with van der Waals surface area (Å²) in [4.78, 5) is 30.6. The molecule has 152 valence electrons. The smallest absolute Gasteiger partial charge is 0.297 e. The Morgan fingerprint density at radius 1 is 1.36 bits per heavy atom. The molecule has 1 atom stereocenters. The van der Waals surface area contributed by atoms with Gasteiger partial charge in [-0.1, -0.05) is 0 Å². The van der Waals surface area contributed by atoms with Crippen LogP contribution in [0.5, 0.6) is 0 Å². The molecule has 1 aromatic carbocycles. The minimum absolute atomic E-state index is 0.0641. The Morgan fingerprint density at radius 3 is 2.71 bits per heavy atom. The molecule has 0 spiro atoms. The maximum atomic E-state index is 13.1. The standard InChI is InChI=1S/C17H21FN4O5S/c1-21-14-3-2-12(28(25,26)20-17(10-18)5-6-17)8-13(14)15(23)22(16(21)24)9-11-4-7-19-27-11/h2-3,8,11,19-20H,4-7,9-10H2,1H3. The highest BCUT2D eigenvalue weighted by Crippen LogP contribution is 2.37. The van der Waals surface area contributed by atoms with Crippen LogP contribution in [0.1, 0.15) is 19.3 Å². The summed E-state index contributed by atoms with van der Waals surface area (Å²) in [6.45, 7) is -0.0944. The van der Waals surface area contributed by atoms with Crippen LogP contribution in [0.15, 0.2) is 32.7 Å². The maximum absolute atomic E-state index is 13.1. The number of nitrogens with one attached hydrogen (secondary N) is 2. The summed E-state index contributed by atoms with van der Waals surface area (Å²) < 4.78 is 43.1. The van der Waals surface area contributed by atoms with Gasteiger partial charge in [0.05, 0.1) is 34.0 Å². The summed E-state index contributed by atoms with van der Waals surface area (Å²) in [5, 5.41) is 0.0982. The second kappa shape index (κ2) is 6.76. The molecule has 1 aliphatic heterocycles. The quantitative estimate of drug-likeness (QED) is 0.678. The third-order valence-corrected chi connectivity index (χ3v) is 6.87. The highest BCUT2D eigenvalue weighted by molar-refractivity contribution is 7.89. The van der Waals surface area contributed by atoms with Crippen LogP contribution in [0.2, 0.25) is 0 Å². The van der Waals surface area contributed by atoms with Crippen molar-refractivity contribution in [2.75, 3.05) is 13.2 Å². The molecule has 2 N–H and O–H groups in total. The van der Waals surface area contributed by atoms with E-state index in [2.05, 4.69) is 10.2 Å². The molecule has 0 radical (unpaired) electrons. The summed E-state index contributed by atoms with van der Waals surface area (Å²) in [7, 11) is -2.48. The number of sulfonamides is 1. The van der Waals surface area contributed by atoms with E-state index in [1.54, 1.807) is 0 Å². The van der Waals surface area contributed by atoms with E-state index in [1.165, 1.54) is 29.8 Å². The van der Waals surface area contributed by atoms with Crippen LogP contribution in [0.25, 0.3) is 10.9 Å². The van der Waals surface area contributed by atoms with Crippen LogP contribution in [-0.4, -0.2) is 42.4 Å². The molecular weight excluding hydrogens is 391 g/mol. The molecule has 28 heavy (non-hydrogen) atoms. The van der Waals surface area contributed by atoms with Gasteiger partial charge < -0.3 is 0 Å². The molecule has 2 heterocycles. The molecule has 9 nitrogen and oxygen atoms in total. The Hall–Kier alpha value is -2.08. The van der Waals surface area contributed by atoms with Crippen molar-refractivity contribution >= 4 is 20.9 Å². The molecule has 11 heteroatoms. The molecular formula is C17H21FN4O5S. The van der Waals surface area contributed by atoms with Crippen molar-refractivity contribution in [3.05, 3.63) is 39.0 Å². The topological polar surface area (TPSA) is 111 Å². The van der Waals surface area contributed by atoms with Gasteiger partial charge in [0.2, 0.25) is 10.0 Å².